The molecule has 0 saturated carbocycles. The molecular formula is C10H18N4. The zero-order valence-electron chi connectivity index (χ0n) is 8.50. The molecule has 78 valence electrons. The second-order valence-electron chi connectivity index (χ2n) is 4.11. The van der Waals surface area contributed by atoms with Crippen molar-refractivity contribution < 1.29 is 0 Å². The van der Waals surface area contributed by atoms with Crippen LogP contribution in [0.15, 0.2) is 0 Å². The average Bonchev–Trinajstić information content (AvgIpc) is 2.30. The summed E-state index contributed by atoms with van der Waals surface area (Å²) in [5.41, 5.74) is 0. The highest BCUT2D eigenvalue weighted by atomic mass is 15.3. The van der Waals surface area contributed by atoms with Crippen molar-refractivity contribution >= 4 is 0 Å². The monoisotopic (exact) mass is 194 g/mol. The van der Waals surface area contributed by atoms with Crippen LogP contribution in [-0.4, -0.2) is 43.8 Å². The third kappa shape index (κ3) is 2.24. The van der Waals surface area contributed by atoms with Crippen molar-refractivity contribution in [2.24, 2.45) is 5.92 Å². The maximum absolute atomic E-state index is 8.77. The van der Waals surface area contributed by atoms with Crippen LogP contribution in [0.4, 0.5) is 0 Å². The Balaban J connectivity index is 1.79. The lowest BCUT2D eigenvalue weighted by molar-refractivity contribution is 0.114. The van der Waals surface area contributed by atoms with Crippen molar-refractivity contribution in [3.8, 4) is 6.07 Å². The lowest BCUT2D eigenvalue weighted by Crippen LogP contribution is -2.56. The third-order valence-electron chi connectivity index (χ3n) is 3.16. The molecule has 0 bridgehead atoms. The maximum atomic E-state index is 8.77. The Morgan fingerprint density at radius 3 is 2.57 bits per heavy atom. The van der Waals surface area contributed by atoms with Gasteiger partial charge in [-0.3, -0.25) is 4.90 Å². The molecule has 2 saturated heterocycles. The molecule has 2 fully saturated rings. The number of nitriles is 1. The highest BCUT2D eigenvalue weighted by Crippen LogP contribution is 2.16. The van der Waals surface area contributed by atoms with Crippen molar-refractivity contribution in [1.29, 1.82) is 5.26 Å². The Morgan fingerprint density at radius 2 is 2.00 bits per heavy atom. The molecular weight excluding hydrogens is 176 g/mol. The molecule has 4 nitrogen and oxygen atoms in total. The van der Waals surface area contributed by atoms with E-state index in [1.807, 2.05) is 0 Å². The molecule has 0 amide bonds. The molecule has 0 aromatic heterocycles. The molecule has 0 aromatic rings. The molecule has 0 spiro atoms. The van der Waals surface area contributed by atoms with Gasteiger partial charge in [0.2, 0.25) is 0 Å². The van der Waals surface area contributed by atoms with Crippen LogP contribution in [0.5, 0.6) is 0 Å². The first-order valence-electron chi connectivity index (χ1n) is 5.48. The summed E-state index contributed by atoms with van der Waals surface area (Å²) in [6, 6.07) is 2.33. The van der Waals surface area contributed by atoms with E-state index in [1.165, 1.54) is 0 Å². The number of hydrogen-bond acceptors (Lipinski definition) is 4. The Kier molecular flexibility index (Phi) is 3.35. The highest BCUT2D eigenvalue weighted by Gasteiger charge is 2.25. The van der Waals surface area contributed by atoms with Crippen molar-refractivity contribution in [3.63, 3.8) is 0 Å². The van der Waals surface area contributed by atoms with Gasteiger partial charge in [0.15, 0.2) is 0 Å². The second kappa shape index (κ2) is 4.74. The summed E-state index contributed by atoms with van der Waals surface area (Å²) in [6.45, 7) is 5.33. The van der Waals surface area contributed by atoms with E-state index < -0.39 is 0 Å². The summed E-state index contributed by atoms with van der Waals surface area (Å²) in [4.78, 5) is 2.49. The summed E-state index contributed by atoms with van der Waals surface area (Å²) >= 11 is 0. The first-order chi connectivity index (χ1) is 6.90. The highest BCUT2D eigenvalue weighted by molar-refractivity contribution is 4.90. The fourth-order valence-electron chi connectivity index (χ4n) is 2.26. The van der Waals surface area contributed by atoms with Gasteiger partial charge in [0.1, 0.15) is 0 Å². The number of nitrogens with one attached hydrogen (secondary N) is 2. The predicted octanol–water partition coefficient (Wildman–Crippen LogP) is -0.259. The van der Waals surface area contributed by atoms with Crippen LogP contribution in [0, 0.1) is 17.2 Å². The first-order valence-corrected chi connectivity index (χ1v) is 5.48. The topological polar surface area (TPSA) is 51.1 Å². The van der Waals surface area contributed by atoms with Gasteiger partial charge in [-0.2, -0.15) is 5.26 Å². The first kappa shape index (κ1) is 9.91. The number of piperazine rings is 1. The molecule has 2 atom stereocenters. The standard InChI is InChI=1S/C10H18N4/c11-7-9-1-2-10(13-8-9)14-5-3-12-4-6-14/h9-10,12-13H,1-6,8H2. The molecule has 2 heterocycles. The molecule has 0 radical (unpaired) electrons. The molecule has 2 unspecified atom stereocenters. The van der Waals surface area contributed by atoms with Crippen molar-refractivity contribution in [1.82, 2.24) is 15.5 Å². The van der Waals surface area contributed by atoms with Crippen molar-refractivity contribution in [3.05, 3.63) is 0 Å². The van der Waals surface area contributed by atoms with Gasteiger partial charge in [-0.1, -0.05) is 0 Å². The molecule has 14 heavy (non-hydrogen) atoms. The van der Waals surface area contributed by atoms with Gasteiger partial charge in [0.05, 0.1) is 18.2 Å². The SMILES string of the molecule is N#CC1CCC(N2CCNCC2)NC1. The number of rotatable bonds is 1. The second-order valence-corrected chi connectivity index (χ2v) is 4.11. The van der Waals surface area contributed by atoms with Crippen LogP contribution in [0.2, 0.25) is 0 Å². The summed E-state index contributed by atoms with van der Waals surface area (Å²) in [7, 11) is 0. The quantitative estimate of drug-likeness (QED) is 0.604. The minimum atomic E-state index is 0.231. The molecule has 2 N–H and O–H groups in total. The average molecular weight is 194 g/mol. The van der Waals surface area contributed by atoms with E-state index in [-0.39, 0.29) is 5.92 Å². The van der Waals surface area contributed by atoms with Crippen LogP contribution in [0.25, 0.3) is 0 Å². The van der Waals surface area contributed by atoms with E-state index in [0.717, 1.165) is 45.6 Å². The number of hydrogen-bond donors (Lipinski definition) is 2. The fraction of sp³-hybridized carbons (Fsp3) is 0.900. The molecule has 2 aliphatic heterocycles. The molecule has 0 aromatic carbocycles. The van der Waals surface area contributed by atoms with Gasteiger partial charge < -0.3 is 10.6 Å². The van der Waals surface area contributed by atoms with Gasteiger partial charge >= 0.3 is 0 Å². The van der Waals surface area contributed by atoms with E-state index in [0.29, 0.717) is 6.17 Å². The maximum Gasteiger partial charge on any atom is 0.0669 e. The zero-order valence-corrected chi connectivity index (χ0v) is 8.50. The van der Waals surface area contributed by atoms with Gasteiger partial charge in [-0.05, 0) is 12.8 Å². The number of nitrogens with zero attached hydrogens (tertiary/aromatic N) is 2. The largest absolute Gasteiger partial charge is 0.314 e. The van der Waals surface area contributed by atoms with Crippen LogP contribution >= 0.6 is 0 Å². The summed E-state index contributed by atoms with van der Waals surface area (Å²) < 4.78 is 0. The van der Waals surface area contributed by atoms with Crippen LogP contribution < -0.4 is 10.6 Å². The number of piperidine rings is 1. The van der Waals surface area contributed by atoms with E-state index in [1.54, 1.807) is 0 Å². The van der Waals surface area contributed by atoms with Gasteiger partial charge in [-0.25, -0.2) is 0 Å². The molecule has 0 aliphatic carbocycles. The molecule has 2 aliphatic rings. The van der Waals surface area contributed by atoms with Crippen molar-refractivity contribution in [2.45, 2.75) is 19.0 Å². The van der Waals surface area contributed by atoms with E-state index in [9.17, 15) is 0 Å². The lowest BCUT2D eigenvalue weighted by Gasteiger charge is -2.38. The summed E-state index contributed by atoms with van der Waals surface area (Å²) in [5, 5.41) is 15.6. The van der Waals surface area contributed by atoms with Crippen LogP contribution in [-0.2, 0) is 0 Å². The zero-order chi connectivity index (χ0) is 9.80. The van der Waals surface area contributed by atoms with Crippen LogP contribution in [0.1, 0.15) is 12.8 Å². The van der Waals surface area contributed by atoms with Crippen LogP contribution in [0.3, 0.4) is 0 Å². The van der Waals surface area contributed by atoms with E-state index in [4.69, 9.17) is 5.26 Å². The Bertz CT molecular complexity index is 209. The Labute approximate surface area is 85.3 Å². The van der Waals surface area contributed by atoms with E-state index in [2.05, 4.69) is 21.6 Å². The molecule has 4 heteroatoms. The minimum absolute atomic E-state index is 0.231. The molecule has 2 rings (SSSR count). The normalized spacial score (nSPS) is 35.1. The Morgan fingerprint density at radius 1 is 1.21 bits per heavy atom. The minimum Gasteiger partial charge on any atom is -0.314 e. The summed E-state index contributed by atoms with van der Waals surface area (Å²) in [5.74, 6) is 0.231. The lowest BCUT2D eigenvalue weighted by atomic mass is 9.98. The fourth-order valence-corrected chi connectivity index (χ4v) is 2.26. The van der Waals surface area contributed by atoms with E-state index >= 15 is 0 Å². The van der Waals surface area contributed by atoms with Gasteiger partial charge in [-0.15, -0.1) is 0 Å². The van der Waals surface area contributed by atoms with Gasteiger partial charge in [0, 0.05) is 32.7 Å². The van der Waals surface area contributed by atoms with Crippen molar-refractivity contribution in [2.75, 3.05) is 32.7 Å². The van der Waals surface area contributed by atoms with Gasteiger partial charge in [0.25, 0.3) is 0 Å². The smallest absolute Gasteiger partial charge is 0.0669 e. The Hall–Kier alpha value is -0.630. The predicted molar refractivity (Wildman–Crippen MR) is 54.6 cm³/mol. The third-order valence-corrected chi connectivity index (χ3v) is 3.16. The summed E-state index contributed by atoms with van der Waals surface area (Å²) in [6.07, 6.45) is 2.69.